The van der Waals surface area contributed by atoms with E-state index in [-0.39, 0.29) is 0 Å². The average Bonchev–Trinajstić information content (AvgIpc) is 2.71. The first-order valence-corrected chi connectivity index (χ1v) is 7.17. The van der Waals surface area contributed by atoms with Gasteiger partial charge in [-0.15, -0.1) is 0 Å². The van der Waals surface area contributed by atoms with E-state index < -0.39 is 0 Å². The molecule has 1 rings (SSSR count). The van der Waals surface area contributed by atoms with Crippen molar-refractivity contribution in [3.05, 3.63) is 0 Å². The Morgan fingerprint density at radius 1 is 1.18 bits per heavy atom. The zero-order chi connectivity index (χ0) is 12.8. The van der Waals surface area contributed by atoms with Gasteiger partial charge in [0, 0.05) is 20.2 Å². The highest BCUT2D eigenvalue weighted by molar-refractivity contribution is 4.87. The van der Waals surface area contributed by atoms with Crippen LogP contribution in [0.3, 0.4) is 0 Å². The Morgan fingerprint density at radius 2 is 1.82 bits per heavy atom. The zero-order valence-corrected chi connectivity index (χ0v) is 12.3. The molecule has 0 bridgehead atoms. The maximum Gasteiger partial charge on any atom is 0.0587 e. The molecule has 0 spiro atoms. The van der Waals surface area contributed by atoms with Crippen LogP contribution in [0.25, 0.3) is 0 Å². The summed E-state index contributed by atoms with van der Waals surface area (Å²) in [7, 11) is 1.77. The van der Waals surface area contributed by atoms with Crippen LogP contribution >= 0.6 is 0 Å². The average molecular weight is 241 g/mol. The molecule has 0 saturated heterocycles. The fourth-order valence-corrected chi connectivity index (χ4v) is 2.81. The molecule has 0 aromatic rings. The van der Waals surface area contributed by atoms with Crippen molar-refractivity contribution < 1.29 is 4.74 Å². The monoisotopic (exact) mass is 241 g/mol. The van der Waals surface area contributed by atoms with E-state index in [4.69, 9.17) is 4.74 Å². The number of rotatable bonds is 7. The van der Waals surface area contributed by atoms with Crippen LogP contribution in [0.4, 0.5) is 0 Å². The quantitative estimate of drug-likeness (QED) is 0.688. The van der Waals surface area contributed by atoms with Crippen molar-refractivity contribution in [2.45, 2.75) is 59.3 Å². The van der Waals surface area contributed by atoms with E-state index in [0.717, 1.165) is 13.2 Å². The Hall–Kier alpha value is -0.0800. The summed E-state index contributed by atoms with van der Waals surface area (Å²) in [4.78, 5) is 0. The lowest BCUT2D eigenvalue weighted by molar-refractivity contribution is 0.178. The van der Waals surface area contributed by atoms with Gasteiger partial charge in [-0.25, -0.2) is 0 Å². The molecule has 0 aromatic heterocycles. The third-order valence-electron chi connectivity index (χ3n) is 4.05. The van der Waals surface area contributed by atoms with Crippen molar-refractivity contribution in [2.75, 3.05) is 26.8 Å². The van der Waals surface area contributed by atoms with Crippen molar-refractivity contribution in [3.63, 3.8) is 0 Å². The van der Waals surface area contributed by atoms with Crippen LogP contribution in [0.1, 0.15) is 59.3 Å². The van der Waals surface area contributed by atoms with E-state index in [1.807, 2.05) is 0 Å². The van der Waals surface area contributed by atoms with Gasteiger partial charge >= 0.3 is 0 Å². The largest absolute Gasteiger partial charge is 0.383 e. The number of hydrogen-bond acceptors (Lipinski definition) is 2. The van der Waals surface area contributed by atoms with Gasteiger partial charge in [0.15, 0.2) is 0 Å². The summed E-state index contributed by atoms with van der Waals surface area (Å²) in [5.74, 6) is 0. The normalized spacial score (nSPS) is 19.8. The minimum atomic E-state index is 0.474. The van der Waals surface area contributed by atoms with E-state index in [9.17, 15) is 0 Å². The summed E-state index contributed by atoms with van der Waals surface area (Å²) in [6, 6.07) is 0. The van der Waals surface area contributed by atoms with E-state index in [2.05, 4.69) is 26.1 Å². The highest BCUT2D eigenvalue weighted by Crippen LogP contribution is 2.43. The third kappa shape index (κ3) is 5.87. The van der Waals surface area contributed by atoms with Crippen LogP contribution in [-0.2, 0) is 4.74 Å². The fourth-order valence-electron chi connectivity index (χ4n) is 2.81. The minimum Gasteiger partial charge on any atom is -0.383 e. The Kier molecular flexibility index (Phi) is 5.94. The molecule has 2 nitrogen and oxygen atoms in total. The number of nitrogens with one attached hydrogen (secondary N) is 1. The maximum atomic E-state index is 5.09. The molecule has 0 amide bonds. The molecule has 0 atom stereocenters. The van der Waals surface area contributed by atoms with E-state index in [0.29, 0.717) is 10.8 Å². The lowest BCUT2D eigenvalue weighted by Gasteiger charge is -2.32. The van der Waals surface area contributed by atoms with Crippen LogP contribution in [0, 0.1) is 10.8 Å². The summed E-state index contributed by atoms with van der Waals surface area (Å²) in [5.41, 5.74) is 1.06. The SMILES string of the molecule is COCCNCC1(CCC(C)(C)C)CCCC1. The molecule has 0 aliphatic heterocycles. The van der Waals surface area contributed by atoms with Gasteiger partial charge in [0.2, 0.25) is 0 Å². The van der Waals surface area contributed by atoms with Crippen molar-refractivity contribution in [3.8, 4) is 0 Å². The maximum absolute atomic E-state index is 5.09. The van der Waals surface area contributed by atoms with Crippen LogP contribution in [0.15, 0.2) is 0 Å². The van der Waals surface area contributed by atoms with Crippen molar-refractivity contribution in [1.29, 1.82) is 0 Å². The van der Waals surface area contributed by atoms with Gasteiger partial charge in [-0.1, -0.05) is 33.6 Å². The van der Waals surface area contributed by atoms with E-state index >= 15 is 0 Å². The standard InChI is InChI=1S/C15H31NO/c1-14(2,3)9-10-15(7-5-6-8-15)13-16-11-12-17-4/h16H,5-13H2,1-4H3. The fraction of sp³-hybridized carbons (Fsp3) is 1.00. The molecular formula is C15H31NO. The first kappa shape index (κ1) is 15.0. The van der Waals surface area contributed by atoms with Crippen molar-refractivity contribution in [1.82, 2.24) is 5.32 Å². The Bertz CT molecular complexity index is 201. The van der Waals surface area contributed by atoms with E-state index in [1.54, 1.807) is 7.11 Å². The van der Waals surface area contributed by atoms with Gasteiger partial charge in [-0.05, 0) is 36.5 Å². The van der Waals surface area contributed by atoms with Crippen LogP contribution in [-0.4, -0.2) is 26.8 Å². The smallest absolute Gasteiger partial charge is 0.0587 e. The first-order valence-electron chi connectivity index (χ1n) is 7.17. The van der Waals surface area contributed by atoms with Gasteiger partial charge < -0.3 is 10.1 Å². The van der Waals surface area contributed by atoms with Gasteiger partial charge in [0.1, 0.15) is 0 Å². The highest BCUT2D eigenvalue weighted by Gasteiger charge is 2.34. The summed E-state index contributed by atoms with van der Waals surface area (Å²) < 4.78 is 5.09. The molecule has 102 valence electrons. The zero-order valence-electron chi connectivity index (χ0n) is 12.3. The molecule has 0 heterocycles. The van der Waals surface area contributed by atoms with Crippen LogP contribution < -0.4 is 5.32 Å². The van der Waals surface area contributed by atoms with Crippen LogP contribution in [0.2, 0.25) is 0 Å². The molecular weight excluding hydrogens is 210 g/mol. The lowest BCUT2D eigenvalue weighted by atomic mass is 9.76. The summed E-state index contributed by atoms with van der Waals surface area (Å²) in [5, 5.41) is 3.58. The second-order valence-electron chi connectivity index (χ2n) is 6.94. The Balaban J connectivity index is 2.34. The van der Waals surface area contributed by atoms with Gasteiger partial charge in [0.25, 0.3) is 0 Å². The summed E-state index contributed by atoms with van der Waals surface area (Å²) in [6.45, 7) is 10.1. The van der Waals surface area contributed by atoms with Crippen LogP contribution in [0.5, 0.6) is 0 Å². The second-order valence-corrected chi connectivity index (χ2v) is 6.94. The Morgan fingerprint density at radius 3 is 2.35 bits per heavy atom. The van der Waals surface area contributed by atoms with Crippen molar-refractivity contribution in [2.24, 2.45) is 10.8 Å². The lowest BCUT2D eigenvalue weighted by Crippen LogP contribution is -2.34. The molecule has 1 aliphatic carbocycles. The molecule has 1 N–H and O–H groups in total. The summed E-state index contributed by atoms with van der Waals surface area (Å²) >= 11 is 0. The number of methoxy groups -OCH3 is 1. The first-order chi connectivity index (χ1) is 7.97. The van der Waals surface area contributed by atoms with Gasteiger partial charge in [0.05, 0.1) is 6.61 Å². The van der Waals surface area contributed by atoms with E-state index in [1.165, 1.54) is 45.1 Å². The third-order valence-corrected chi connectivity index (χ3v) is 4.05. The molecule has 17 heavy (non-hydrogen) atoms. The molecule has 0 aromatic carbocycles. The molecule has 0 unspecified atom stereocenters. The molecule has 1 fully saturated rings. The number of ether oxygens (including phenoxy) is 1. The van der Waals surface area contributed by atoms with Gasteiger partial charge in [-0.2, -0.15) is 0 Å². The van der Waals surface area contributed by atoms with Crippen molar-refractivity contribution >= 4 is 0 Å². The summed E-state index contributed by atoms with van der Waals surface area (Å²) in [6.07, 6.45) is 8.42. The topological polar surface area (TPSA) is 21.3 Å². The van der Waals surface area contributed by atoms with Gasteiger partial charge in [-0.3, -0.25) is 0 Å². The number of hydrogen-bond donors (Lipinski definition) is 1. The molecule has 0 radical (unpaired) electrons. The molecule has 2 heteroatoms. The predicted octanol–water partition coefficient (Wildman–Crippen LogP) is 3.61. The predicted molar refractivity (Wildman–Crippen MR) is 74.3 cm³/mol. The molecule has 1 saturated carbocycles. The molecule has 1 aliphatic rings. The second kappa shape index (κ2) is 6.75. The Labute approximate surface area is 108 Å². The minimum absolute atomic E-state index is 0.474. The highest BCUT2D eigenvalue weighted by atomic mass is 16.5.